The van der Waals surface area contributed by atoms with Gasteiger partial charge in [0.25, 0.3) is 0 Å². The van der Waals surface area contributed by atoms with Crippen LogP contribution in [0.15, 0.2) is 24.5 Å². The predicted molar refractivity (Wildman–Crippen MR) is 76.9 cm³/mol. The first kappa shape index (κ1) is 15.5. The molecule has 1 atom stereocenters. The summed E-state index contributed by atoms with van der Waals surface area (Å²) in [6.45, 7) is 11.9. The van der Waals surface area contributed by atoms with Crippen LogP contribution in [-0.4, -0.2) is 27.8 Å². The summed E-state index contributed by atoms with van der Waals surface area (Å²) < 4.78 is 16.8. The van der Waals surface area contributed by atoms with E-state index in [9.17, 15) is 0 Å². The Morgan fingerprint density at radius 3 is 2.78 bits per heavy atom. The van der Waals surface area contributed by atoms with Gasteiger partial charge in [-0.3, -0.25) is 0 Å². The third-order valence-electron chi connectivity index (χ3n) is 2.47. The predicted octanol–water partition coefficient (Wildman–Crippen LogP) is 3.84. The Balaban J connectivity index is 2.07. The Morgan fingerprint density at radius 2 is 2.17 bits per heavy atom. The van der Waals surface area contributed by atoms with Crippen LogP contribution in [0.3, 0.4) is 0 Å². The van der Waals surface area contributed by atoms with Gasteiger partial charge < -0.3 is 13.9 Å². The molecule has 0 bridgehead atoms. The minimum atomic E-state index is -1.52. The minimum Gasteiger partial charge on any atom is -0.545 e. The van der Waals surface area contributed by atoms with E-state index in [1.807, 2.05) is 12.2 Å². The van der Waals surface area contributed by atoms with Gasteiger partial charge in [0.2, 0.25) is 8.32 Å². The van der Waals surface area contributed by atoms with Gasteiger partial charge in [0.1, 0.15) is 0 Å². The van der Waals surface area contributed by atoms with E-state index in [2.05, 4.69) is 26.2 Å². The molecule has 0 N–H and O–H groups in total. The van der Waals surface area contributed by atoms with Crippen LogP contribution in [0.25, 0.3) is 0 Å². The molecule has 1 fully saturated rings. The lowest BCUT2D eigenvalue weighted by molar-refractivity contribution is -0.161. The number of rotatable bonds is 7. The van der Waals surface area contributed by atoms with Crippen molar-refractivity contribution in [3.63, 3.8) is 0 Å². The molecular formula is C14H26O3Si. The number of allylic oxidation sites excluding steroid dienone is 1. The Morgan fingerprint density at radius 1 is 1.39 bits per heavy atom. The smallest absolute Gasteiger partial charge is 0.242 e. The van der Waals surface area contributed by atoms with Crippen molar-refractivity contribution >= 4 is 8.32 Å². The van der Waals surface area contributed by atoms with Crippen molar-refractivity contribution < 1.29 is 13.9 Å². The average molecular weight is 270 g/mol. The zero-order valence-corrected chi connectivity index (χ0v) is 12.9. The molecule has 3 nitrogen and oxygen atoms in total. The molecule has 1 unspecified atom stereocenters. The minimum absolute atomic E-state index is 0.00795. The lowest BCUT2D eigenvalue weighted by Crippen LogP contribution is -2.24. The summed E-state index contributed by atoms with van der Waals surface area (Å²) in [5, 5.41) is 0. The van der Waals surface area contributed by atoms with Gasteiger partial charge in [-0.15, -0.1) is 0 Å². The van der Waals surface area contributed by atoms with E-state index in [0.29, 0.717) is 6.61 Å². The van der Waals surface area contributed by atoms with Crippen molar-refractivity contribution in [2.45, 2.75) is 51.6 Å². The van der Waals surface area contributed by atoms with Crippen molar-refractivity contribution in [2.24, 2.45) is 0 Å². The van der Waals surface area contributed by atoms with E-state index in [-0.39, 0.29) is 6.29 Å². The monoisotopic (exact) mass is 270 g/mol. The molecule has 0 spiro atoms. The van der Waals surface area contributed by atoms with Crippen molar-refractivity contribution in [1.82, 2.24) is 0 Å². The zero-order chi connectivity index (χ0) is 13.4. The van der Waals surface area contributed by atoms with Crippen molar-refractivity contribution in [2.75, 3.05) is 13.2 Å². The highest BCUT2D eigenvalue weighted by Crippen LogP contribution is 2.14. The van der Waals surface area contributed by atoms with E-state index < -0.39 is 8.32 Å². The molecule has 0 aromatic rings. The summed E-state index contributed by atoms with van der Waals surface area (Å²) in [4.78, 5) is 0. The summed E-state index contributed by atoms with van der Waals surface area (Å²) in [5.74, 6) is 0.753. The van der Waals surface area contributed by atoms with Crippen LogP contribution in [0.4, 0.5) is 0 Å². The van der Waals surface area contributed by atoms with Gasteiger partial charge in [-0.1, -0.05) is 12.7 Å². The van der Waals surface area contributed by atoms with Crippen LogP contribution in [0.5, 0.6) is 0 Å². The molecule has 1 saturated heterocycles. The third-order valence-corrected chi connectivity index (χ3v) is 3.34. The maximum Gasteiger partial charge on any atom is 0.242 e. The van der Waals surface area contributed by atoms with Gasteiger partial charge in [-0.2, -0.15) is 0 Å². The molecule has 1 heterocycles. The lowest BCUT2D eigenvalue weighted by Gasteiger charge is -2.22. The standard InChI is InChI=1S/C14H26O3Si/c1-13(17-18(2,3)4)9-5-7-11-15-14-10-6-8-12-16-14/h5,9,14H,1,6-8,10-12H2,2-4H3/b9-5+. The fourth-order valence-corrected chi connectivity index (χ4v) is 2.61. The molecule has 1 rings (SSSR count). The van der Waals surface area contributed by atoms with Crippen molar-refractivity contribution in [3.8, 4) is 0 Å². The number of hydrogen-bond donors (Lipinski definition) is 0. The topological polar surface area (TPSA) is 27.7 Å². The highest BCUT2D eigenvalue weighted by Gasteiger charge is 2.15. The van der Waals surface area contributed by atoms with Crippen LogP contribution in [0.1, 0.15) is 25.7 Å². The first-order chi connectivity index (χ1) is 8.47. The molecule has 0 aromatic heterocycles. The van der Waals surface area contributed by atoms with Crippen LogP contribution >= 0.6 is 0 Å². The second-order valence-electron chi connectivity index (χ2n) is 5.54. The number of hydrogen-bond acceptors (Lipinski definition) is 3. The second-order valence-corrected chi connectivity index (χ2v) is 9.97. The van der Waals surface area contributed by atoms with E-state index in [0.717, 1.165) is 31.6 Å². The Bertz CT molecular complexity index is 275. The second kappa shape index (κ2) is 7.76. The van der Waals surface area contributed by atoms with E-state index >= 15 is 0 Å². The van der Waals surface area contributed by atoms with Gasteiger partial charge >= 0.3 is 0 Å². The molecule has 0 aromatic carbocycles. The van der Waals surface area contributed by atoms with Crippen molar-refractivity contribution in [1.29, 1.82) is 0 Å². The fraction of sp³-hybridized carbons (Fsp3) is 0.714. The number of ether oxygens (including phenoxy) is 2. The highest BCUT2D eigenvalue weighted by atomic mass is 28.4. The zero-order valence-electron chi connectivity index (χ0n) is 11.9. The van der Waals surface area contributed by atoms with Crippen LogP contribution in [0, 0.1) is 0 Å². The molecule has 18 heavy (non-hydrogen) atoms. The van der Waals surface area contributed by atoms with Gasteiger partial charge in [0, 0.05) is 6.61 Å². The Kier molecular flexibility index (Phi) is 6.68. The first-order valence-corrected chi connectivity index (χ1v) is 10.2. The quantitative estimate of drug-likeness (QED) is 0.304. The van der Waals surface area contributed by atoms with Crippen LogP contribution in [-0.2, 0) is 13.9 Å². The third kappa shape index (κ3) is 7.69. The maximum absolute atomic E-state index is 5.73. The largest absolute Gasteiger partial charge is 0.545 e. The molecule has 1 aliphatic heterocycles. The molecule has 0 aliphatic carbocycles. The van der Waals surface area contributed by atoms with Gasteiger partial charge in [-0.05, 0) is 51.4 Å². The average Bonchev–Trinajstić information content (AvgIpc) is 2.27. The first-order valence-electron chi connectivity index (χ1n) is 6.75. The summed E-state index contributed by atoms with van der Waals surface area (Å²) in [6, 6.07) is 0. The summed E-state index contributed by atoms with van der Waals surface area (Å²) in [6.07, 6.45) is 8.25. The normalized spacial score (nSPS) is 21.2. The van der Waals surface area contributed by atoms with E-state index in [4.69, 9.17) is 13.9 Å². The van der Waals surface area contributed by atoms with Gasteiger partial charge in [-0.25, -0.2) is 0 Å². The molecule has 4 heteroatoms. The summed E-state index contributed by atoms with van der Waals surface area (Å²) in [5.41, 5.74) is 0. The molecule has 0 amide bonds. The van der Waals surface area contributed by atoms with Crippen molar-refractivity contribution in [3.05, 3.63) is 24.5 Å². The molecule has 1 aliphatic rings. The van der Waals surface area contributed by atoms with Crippen LogP contribution < -0.4 is 0 Å². The maximum atomic E-state index is 5.73. The summed E-state index contributed by atoms with van der Waals surface area (Å²) in [7, 11) is -1.52. The molecule has 0 saturated carbocycles. The molecule has 104 valence electrons. The molecular weight excluding hydrogens is 244 g/mol. The molecule has 0 radical (unpaired) electrons. The van der Waals surface area contributed by atoms with Gasteiger partial charge in [0.15, 0.2) is 6.29 Å². The van der Waals surface area contributed by atoms with E-state index in [1.54, 1.807) is 0 Å². The summed E-state index contributed by atoms with van der Waals surface area (Å²) >= 11 is 0. The van der Waals surface area contributed by atoms with Gasteiger partial charge in [0.05, 0.1) is 12.4 Å². The van der Waals surface area contributed by atoms with Crippen LogP contribution in [0.2, 0.25) is 19.6 Å². The lowest BCUT2D eigenvalue weighted by atomic mass is 10.2. The van der Waals surface area contributed by atoms with E-state index in [1.165, 1.54) is 6.42 Å². The Labute approximate surface area is 112 Å². The highest BCUT2D eigenvalue weighted by molar-refractivity contribution is 6.70. The SMILES string of the molecule is C=C(/C=C/CCOC1CCCCO1)O[Si](C)(C)C. The Hall–Kier alpha value is -0.583. The fourth-order valence-electron chi connectivity index (χ4n) is 1.75.